The number of likely N-dealkylation sites (tertiary alicyclic amines) is 1. The lowest BCUT2D eigenvalue weighted by atomic mass is 9.76. The quantitative estimate of drug-likeness (QED) is 0.845. The molecule has 0 aliphatic carbocycles. The van der Waals surface area contributed by atoms with Gasteiger partial charge in [-0.15, -0.1) is 0 Å². The van der Waals surface area contributed by atoms with Crippen LogP contribution in [0.5, 0.6) is 0 Å². The van der Waals surface area contributed by atoms with Crippen LogP contribution in [0.4, 0.5) is 13.2 Å². The molecule has 0 bridgehead atoms. The third-order valence-corrected chi connectivity index (χ3v) is 4.10. The first-order valence-electron chi connectivity index (χ1n) is 6.39. The van der Waals surface area contributed by atoms with Crippen LogP contribution in [0.25, 0.3) is 0 Å². The molecule has 110 valence electrons. The van der Waals surface area contributed by atoms with E-state index in [9.17, 15) is 23.1 Å². The number of hydrogen-bond acceptors (Lipinski definition) is 3. The number of aliphatic hydroxyl groups is 1. The summed E-state index contributed by atoms with van der Waals surface area (Å²) in [5, 5.41) is 9.51. The number of rotatable bonds is 3. The number of nitrogens with zero attached hydrogens (tertiary/aromatic N) is 1. The fourth-order valence-corrected chi connectivity index (χ4v) is 2.92. The zero-order valence-corrected chi connectivity index (χ0v) is 10.6. The maximum Gasteiger partial charge on any atom is 0.389 e. The van der Waals surface area contributed by atoms with E-state index in [4.69, 9.17) is 4.74 Å². The number of carbonyl (C=O) groups is 1. The highest BCUT2D eigenvalue weighted by Crippen LogP contribution is 2.41. The lowest BCUT2D eigenvalue weighted by Crippen LogP contribution is -2.43. The van der Waals surface area contributed by atoms with E-state index in [0.29, 0.717) is 26.3 Å². The first-order chi connectivity index (χ1) is 8.86. The normalized spacial score (nSPS) is 31.4. The van der Waals surface area contributed by atoms with Gasteiger partial charge in [0.15, 0.2) is 0 Å². The fourth-order valence-electron chi connectivity index (χ4n) is 2.92. The molecule has 2 saturated heterocycles. The summed E-state index contributed by atoms with van der Waals surface area (Å²) < 4.78 is 41.7. The Morgan fingerprint density at radius 2 is 2.21 bits per heavy atom. The van der Waals surface area contributed by atoms with Crippen molar-refractivity contribution >= 4 is 5.91 Å². The summed E-state index contributed by atoms with van der Waals surface area (Å²) >= 11 is 0. The van der Waals surface area contributed by atoms with Crippen molar-refractivity contribution in [1.29, 1.82) is 0 Å². The van der Waals surface area contributed by atoms with Crippen LogP contribution in [-0.2, 0) is 9.53 Å². The minimum Gasteiger partial charge on any atom is -0.396 e. The molecule has 2 atom stereocenters. The van der Waals surface area contributed by atoms with Crippen LogP contribution in [0, 0.1) is 11.3 Å². The number of amides is 1. The fraction of sp³-hybridized carbons (Fsp3) is 0.917. The number of carbonyl (C=O) groups excluding carboxylic acids is 1. The Hall–Kier alpha value is -0.820. The molecule has 2 aliphatic rings. The summed E-state index contributed by atoms with van der Waals surface area (Å²) in [6.07, 6.45) is -5.17. The summed E-state index contributed by atoms with van der Waals surface area (Å²) in [5.41, 5.74) is -0.480. The highest BCUT2D eigenvalue weighted by atomic mass is 19.4. The summed E-state index contributed by atoms with van der Waals surface area (Å²) in [6, 6.07) is 0. The summed E-state index contributed by atoms with van der Waals surface area (Å²) in [4.78, 5) is 13.2. The Balaban J connectivity index is 1.94. The number of hydrogen-bond donors (Lipinski definition) is 1. The van der Waals surface area contributed by atoms with Crippen molar-refractivity contribution in [2.45, 2.75) is 25.4 Å². The maximum absolute atomic E-state index is 12.1. The van der Waals surface area contributed by atoms with Crippen molar-refractivity contribution in [3.05, 3.63) is 0 Å². The maximum atomic E-state index is 12.1. The van der Waals surface area contributed by atoms with Gasteiger partial charge in [-0.05, 0) is 12.3 Å². The predicted octanol–water partition coefficient (Wildman–Crippen LogP) is 1.19. The summed E-state index contributed by atoms with van der Waals surface area (Å²) in [7, 11) is 0. The standard InChI is InChI=1S/C12H18F3NO3/c13-12(14,15)3-1-10(18)16-5-9-2-4-19-8-11(9,6-16)7-17/h9,17H,1-8H2/t9-,11+/m0/s1. The number of alkyl halides is 3. The lowest BCUT2D eigenvalue weighted by molar-refractivity contribution is -0.148. The molecule has 0 aromatic heterocycles. The van der Waals surface area contributed by atoms with Crippen LogP contribution < -0.4 is 0 Å². The van der Waals surface area contributed by atoms with Gasteiger partial charge in [-0.3, -0.25) is 4.79 Å². The van der Waals surface area contributed by atoms with E-state index in [1.165, 1.54) is 4.90 Å². The van der Waals surface area contributed by atoms with Gasteiger partial charge >= 0.3 is 6.18 Å². The van der Waals surface area contributed by atoms with Crippen LogP contribution in [0.15, 0.2) is 0 Å². The molecule has 0 aromatic carbocycles. The average molecular weight is 281 g/mol. The monoisotopic (exact) mass is 281 g/mol. The molecule has 1 amide bonds. The molecular formula is C12H18F3NO3. The van der Waals surface area contributed by atoms with Gasteiger partial charge in [-0.25, -0.2) is 0 Å². The first-order valence-corrected chi connectivity index (χ1v) is 6.39. The number of ether oxygens (including phenoxy) is 1. The first kappa shape index (κ1) is 14.6. The molecule has 2 fully saturated rings. The van der Waals surface area contributed by atoms with Crippen LogP contribution in [0.2, 0.25) is 0 Å². The van der Waals surface area contributed by atoms with Crippen LogP contribution in [0.3, 0.4) is 0 Å². The molecule has 2 heterocycles. The number of halogens is 3. The molecule has 0 spiro atoms. The molecule has 0 unspecified atom stereocenters. The second kappa shape index (κ2) is 5.28. The van der Waals surface area contributed by atoms with E-state index in [-0.39, 0.29) is 12.5 Å². The lowest BCUT2D eigenvalue weighted by Gasteiger charge is -2.36. The number of fused-ring (bicyclic) bond motifs is 1. The Morgan fingerprint density at radius 3 is 2.79 bits per heavy atom. The van der Waals surface area contributed by atoms with Crippen molar-refractivity contribution in [3.8, 4) is 0 Å². The molecule has 0 saturated carbocycles. The van der Waals surface area contributed by atoms with Gasteiger partial charge < -0.3 is 14.7 Å². The van der Waals surface area contributed by atoms with E-state index >= 15 is 0 Å². The molecule has 0 radical (unpaired) electrons. The van der Waals surface area contributed by atoms with Gasteiger partial charge in [0, 0.05) is 31.5 Å². The molecule has 1 N–H and O–H groups in total. The van der Waals surface area contributed by atoms with Crippen LogP contribution in [0.1, 0.15) is 19.3 Å². The SMILES string of the molecule is O=C(CCC(F)(F)F)N1C[C@@H]2CCOC[C@]2(CO)C1. The largest absolute Gasteiger partial charge is 0.396 e. The highest BCUT2D eigenvalue weighted by molar-refractivity contribution is 5.76. The Kier molecular flexibility index (Phi) is 4.06. The molecule has 19 heavy (non-hydrogen) atoms. The van der Waals surface area contributed by atoms with Gasteiger partial charge in [0.25, 0.3) is 0 Å². The highest BCUT2D eigenvalue weighted by Gasteiger charge is 2.49. The zero-order valence-electron chi connectivity index (χ0n) is 10.6. The van der Waals surface area contributed by atoms with E-state index < -0.39 is 30.3 Å². The van der Waals surface area contributed by atoms with E-state index in [0.717, 1.165) is 6.42 Å². The van der Waals surface area contributed by atoms with E-state index in [1.807, 2.05) is 0 Å². The third-order valence-electron chi connectivity index (χ3n) is 4.10. The Labute approximate surface area is 109 Å². The van der Waals surface area contributed by atoms with Gasteiger partial charge in [-0.1, -0.05) is 0 Å². The third kappa shape index (κ3) is 3.20. The second-order valence-electron chi connectivity index (χ2n) is 5.45. The van der Waals surface area contributed by atoms with Gasteiger partial charge in [0.2, 0.25) is 5.91 Å². The number of aliphatic hydroxyl groups excluding tert-OH is 1. The summed E-state index contributed by atoms with van der Waals surface area (Å²) in [6.45, 7) is 1.58. The van der Waals surface area contributed by atoms with Crippen LogP contribution >= 0.6 is 0 Å². The van der Waals surface area contributed by atoms with Crippen molar-refractivity contribution in [1.82, 2.24) is 4.90 Å². The van der Waals surface area contributed by atoms with E-state index in [2.05, 4.69) is 0 Å². The van der Waals surface area contributed by atoms with E-state index in [1.54, 1.807) is 0 Å². The minimum atomic E-state index is -4.31. The molecule has 0 aromatic rings. The van der Waals surface area contributed by atoms with Gasteiger partial charge in [0.05, 0.1) is 19.6 Å². The van der Waals surface area contributed by atoms with Crippen molar-refractivity contribution in [3.63, 3.8) is 0 Å². The van der Waals surface area contributed by atoms with Gasteiger partial charge in [-0.2, -0.15) is 13.2 Å². The molecule has 2 rings (SSSR count). The van der Waals surface area contributed by atoms with Crippen molar-refractivity contribution < 1.29 is 27.8 Å². The molecule has 2 aliphatic heterocycles. The summed E-state index contributed by atoms with van der Waals surface area (Å²) in [5.74, 6) is -0.361. The molecule has 4 nitrogen and oxygen atoms in total. The zero-order chi connectivity index (χ0) is 14.1. The Morgan fingerprint density at radius 1 is 1.47 bits per heavy atom. The van der Waals surface area contributed by atoms with Crippen LogP contribution in [-0.4, -0.2) is 55.0 Å². The second-order valence-corrected chi connectivity index (χ2v) is 5.45. The minimum absolute atomic E-state index is 0.0965. The average Bonchev–Trinajstić information content (AvgIpc) is 2.75. The van der Waals surface area contributed by atoms with Crippen molar-refractivity contribution in [2.24, 2.45) is 11.3 Å². The topological polar surface area (TPSA) is 49.8 Å². The van der Waals surface area contributed by atoms with Gasteiger partial charge in [0.1, 0.15) is 0 Å². The molecular weight excluding hydrogens is 263 g/mol. The predicted molar refractivity (Wildman–Crippen MR) is 60.3 cm³/mol. The Bertz CT molecular complexity index is 348. The van der Waals surface area contributed by atoms with Crippen molar-refractivity contribution in [2.75, 3.05) is 32.9 Å². The smallest absolute Gasteiger partial charge is 0.389 e. The molecule has 7 heteroatoms.